The van der Waals surface area contributed by atoms with E-state index in [-0.39, 0.29) is 17.7 Å². The van der Waals surface area contributed by atoms with Gasteiger partial charge >= 0.3 is 0 Å². The van der Waals surface area contributed by atoms with Crippen LogP contribution in [0.25, 0.3) is 10.9 Å². The summed E-state index contributed by atoms with van der Waals surface area (Å²) in [6, 6.07) is 6.19. The molecule has 0 bridgehead atoms. The molecular weight excluding hydrogens is 326 g/mol. The topological polar surface area (TPSA) is 76.3 Å². The second-order valence-electron chi connectivity index (χ2n) is 7.92. The van der Waals surface area contributed by atoms with Crippen LogP contribution in [0.15, 0.2) is 18.2 Å². The zero-order valence-electron chi connectivity index (χ0n) is 15.4. The second kappa shape index (κ2) is 6.38. The Labute approximate surface area is 153 Å². The third-order valence-electron chi connectivity index (χ3n) is 5.56. The Morgan fingerprint density at radius 2 is 1.96 bits per heavy atom. The summed E-state index contributed by atoms with van der Waals surface area (Å²) in [5.74, 6) is 0.433. The molecule has 1 atom stereocenters. The normalized spacial score (nSPS) is 19.9. The van der Waals surface area contributed by atoms with Gasteiger partial charge in [-0.15, -0.1) is 0 Å². The molecule has 2 aromatic rings. The zero-order chi connectivity index (χ0) is 18.4. The highest BCUT2D eigenvalue weighted by atomic mass is 16.2. The number of hydrogen-bond donors (Lipinski definition) is 1. The van der Waals surface area contributed by atoms with E-state index in [1.54, 1.807) is 0 Å². The first kappa shape index (κ1) is 17.0. The van der Waals surface area contributed by atoms with Crippen molar-refractivity contribution in [2.24, 2.45) is 11.7 Å². The van der Waals surface area contributed by atoms with Gasteiger partial charge in [0.15, 0.2) is 0 Å². The number of carbonyl (C=O) groups is 2. The first-order valence-electron chi connectivity index (χ1n) is 9.42. The van der Waals surface area contributed by atoms with Gasteiger partial charge in [0.2, 0.25) is 5.91 Å². The number of aryl methyl sites for hydroxylation is 2. The number of likely N-dealkylation sites (tertiary alicyclic amines) is 1. The zero-order valence-corrected chi connectivity index (χ0v) is 15.4. The molecule has 1 saturated carbocycles. The number of nitrogens with zero attached hydrogens (tertiary/aromatic N) is 2. The van der Waals surface area contributed by atoms with Crippen molar-refractivity contribution < 1.29 is 9.59 Å². The summed E-state index contributed by atoms with van der Waals surface area (Å²) in [7, 11) is 0. The lowest BCUT2D eigenvalue weighted by atomic mass is 9.99. The maximum atomic E-state index is 13.3. The average molecular weight is 351 g/mol. The van der Waals surface area contributed by atoms with E-state index in [1.807, 2.05) is 17.9 Å². The van der Waals surface area contributed by atoms with E-state index in [9.17, 15) is 9.59 Å². The summed E-state index contributed by atoms with van der Waals surface area (Å²) in [5.41, 5.74) is 10.3. The van der Waals surface area contributed by atoms with Crippen molar-refractivity contribution >= 4 is 22.7 Å². The first-order valence-corrected chi connectivity index (χ1v) is 9.42. The quantitative estimate of drug-likeness (QED) is 0.920. The Morgan fingerprint density at radius 1 is 1.19 bits per heavy atom. The van der Waals surface area contributed by atoms with Crippen molar-refractivity contribution in [2.45, 2.75) is 45.4 Å². The third kappa shape index (κ3) is 3.18. The molecule has 1 unspecified atom stereocenters. The van der Waals surface area contributed by atoms with Gasteiger partial charge in [-0.25, -0.2) is 0 Å². The standard InChI is InChI=1S/C21H25N3O2/c1-12-7-13(2)20-16(10-17(15-3-4-15)23-18(20)8-12)21(26)24-6-5-14(11-24)9-19(22)25/h7-8,10,14-15H,3-6,9,11H2,1-2H3,(H2,22,25). The van der Waals surface area contributed by atoms with Crippen LogP contribution in [0.4, 0.5) is 0 Å². The molecule has 5 heteroatoms. The Balaban J connectivity index is 1.73. The summed E-state index contributed by atoms with van der Waals surface area (Å²) >= 11 is 0. The molecule has 1 aromatic carbocycles. The van der Waals surface area contributed by atoms with Gasteiger partial charge in [-0.05, 0) is 62.3 Å². The smallest absolute Gasteiger partial charge is 0.254 e. The van der Waals surface area contributed by atoms with Gasteiger partial charge < -0.3 is 10.6 Å². The molecule has 1 aliphatic carbocycles. The van der Waals surface area contributed by atoms with Gasteiger partial charge in [0.25, 0.3) is 5.91 Å². The van der Waals surface area contributed by atoms with Crippen molar-refractivity contribution in [3.8, 4) is 0 Å². The minimum absolute atomic E-state index is 0.0539. The van der Waals surface area contributed by atoms with Crippen LogP contribution in [0.5, 0.6) is 0 Å². The summed E-state index contributed by atoms with van der Waals surface area (Å²) in [5, 5.41) is 0.961. The fraction of sp³-hybridized carbons (Fsp3) is 0.476. The van der Waals surface area contributed by atoms with E-state index in [1.165, 1.54) is 0 Å². The Morgan fingerprint density at radius 3 is 2.65 bits per heavy atom. The lowest BCUT2D eigenvalue weighted by Crippen LogP contribution is -2.30. The number of pyridine rings is 1. The third-order valence-corrected chi connectivity index (χ3v) is 5.56. The van der Waals surface area contributed by atoms with Crippen molar-refractivity contribution in [3.05, 3.63) is 40.6 Å². The van der Waals surface area contributed by atoms with Crippen LogP contribution < -0.4 is 5.73 Å². The molecular formula is C21H25N3O2. The highest BCUT2D eigenvalue weighted by Gasteiger charge is 2.31. The van der Waals surface area contributed by atoms with Gasteiger partial charge in [0.05, 0.1) is 11.1 Å². The minimum atomic E-state index is -0.291. The second-order valence-corrected chi connectivity index (χ2v) is 7.92. The number of rotatable bonds is 4. The fourth-order valence-corrected chi connectivity index (χ4v) is 4.17. The number of hydrogen-bond acceptors (Lipinski definition) is 3. The first-order chi connectivity index (χ1) is 12.4. The SMILES string of the molecule is Cc1cc(C)c2c(C(=O)N3CCC(CC(N)=O)C3)cc(C3CC3)nc2c1. The van der Waals surface area contributed by atoms with Crippen LogP contribution in [0.1, 0.15) is 58.8 Å². The van der Waals surface area contributed by atoms with Crippen LogP contribution >= 0.6 is 0 Å². The molecule has 2 fully saturated rings. The average Bonchev–Trinajstić information content (AvgIpc) is 3.32. The number of amides is 2. The van der Waals surface area contributed by atoms with E-state index < -0.39 is 0 Å². The van der Waals surface area contributed by atoms with Crippen molar-refractivity contribution in [1.82, 2.24) is 9.88 Å². The van der Waals surface area contributed by atoms with E-state index >= 15 is 0 Å². The number of carbonyl (C=O) groups excluding carboxylic acids is 2. The van der Waals surface area contributed by atoms with E-state index in [0.29, 0.717) is 25.4 Å². The van der Waals surface area contributed by atoms with Crippen LogP contribution in [0.3, 0.4) is 0 Å². The molecule has 1 aromatic heterocycles. The van der Waals surface area contributed by atoms with Crippen LogP contribution in [-0.4, -0.2) is 34.8 Å². The van der Waals surface area contributed by atoms with Gasteiger partial charge in [-0.3, -0.25) is 14.6 Å². The monoisotopic (exact) mass is 351 g/mol. The number of benzene rings is 1. The molecule has 1 saturated heterocycles. The molecule has 0 radical (unpaired) electrons. The maximum absolute atomic E-state index is 13.3. The molecule has 2 aliphatic rings. The van der Waals surface area contributed by atoms with E-state index in [2.05, 4.69) is 19.1 Å². The van der Waals surface area contributed by atoms with Gasteiger partial charge in [0, 0.05) is 36.5 Å². The summed E-state index contributed by atoms with van der Waals surface area (Å²) < 4.78 is 0. The molecule has 2 heterocycles. The predicted octanol–water partition coefficient (Wildman–Crippen LogP) is 3.07. The van der Waals surface area contributed by atoms with Crippen LogP contribution in [0, 0.1) is 19.8 Å². The van der Waals surface area contributed by atoms with Gasteiger partial charge in [-0.2, -0.15) is 0 Å². The summed E-state index contributed by atoms with van der Waals surface area (Å²) in [6.07, 6.45) is 3.50. The largest absolute Gasteiger partial charge is 0.370 e. The Hall–Kier alpha value is -2.43. The van der Waals surface area contributed by atoms with E-state index in [0.717, 1.165) is 52.5 Å². The number of fused-ring (bicyclic) bond motifs is 1. The highest BCUT2D eigenvalue weighted by Crippen LogP contribution is 2.41. The minimum Gasteiger partial charge on any atom is -0.370 e. The lowest BCUT2D eigenvalue weighted by Gasteiger charge is -2.19. The molecule has 2 N–H and O–H groups in total. The Bertz CT molecular complexity index is 902. The molecule has 4 rings (SSSR count). The molecule has 1 aliphatic heterocycles. The summed E-state index contributed by atoms with van der Waals surface area (Å²) in [4.78, 5) is 31.2. The van der Waals surface area contributed by atoms with Crippen molar-refractivity contribution in [3.63, 3.8) is 0 Å². The maximum Gasteiger partial charge on any atom is 0.254 e. The predicted molar refractivity (Wildman–Crippen MR) is 101 cm³/mol. The van der Waals surface area contributed by atoms with Gasteiger partial charge in [0.1, 0.15) is 0 Å². The van der Waals surface area contributed by atoms with Crippen molar-refractivity contribution in [1.29, 1.82) is 0 Å². The molecule has 26 heavy (non-hydrogen) atoms. The molecule has 0 spiro atoms. The molecule has 5 nitrogen and oxygen atoms in total. The highest BCUT2D eigenvalue weighted by molar-refractivity contribution is 6.07. The molecule has 136 valence electrons. The molecule has 2 amide bonds. The fourth-order valence-electron chi connectivity index (χ4n) is 4.17. The number of nitrogens with two attached hydrogens (primary N) is 1. The van der Waals surface area contributed by atoms with Crippen LogP contribution in [0.2, 0.25) is 0 Å². The number of aromatic nitrogens is 1. The summed E-state index contributed by atoms with van der Waals surface area (Å²) in [6.45, 7) is 5.40. The van der Waals surface area contributed by atoms with E-state index in [4.69, 9.17) is 10.7 Å². The lowest BCUT2D eigenvalue weighted by molar-refractivity contribution is -0.118. The van der Waals surface area contributed by atoms with Crippen LogP contribution in [-0.2, 0) is 4.79 Å². The van der Waals surface area contributed by atoms with Crippen molar-refractivity contribution in [2.75, 3.05) is 13.1 Å². The Kier molecular flexibility index (Phi) is 4.17. The van der Waals surface area contributed by atoms with Gasteiger partial charge in [-0.1, -0.05) is 6.07 Å². The number of primary amides is 1.